The zero-order valence-electron chi connectivity index (χ0n) is 12.8. The van der Waals surface area contributed by atoms with Crippen LogP contribution in [-0.2, 0) is 4.79 Å². The Balaban J connectivity index is 2.04. The molecule has 0 spiro atoms. The highest BCUT2D eigenvalue weighted by Crippen LogP contribution is 2.32. The number of carboxylic acids is 1. The first kappa shape index (κ1) is 15.1. The average molecular weight is 282 g/mol. The van der Waals surface area contributed by atoms with Crippen molar-refractivity contribution in [2.75, 3.05) is 26.2 Å². The van der Waals surface area contributed by atoms with Crippen molar-refractivity contribution in [1.29, 1.82) is 0 Å². The lowest BCUT2D eigenvalue weighted by atomic mass is 9.82. The van der Waals surface area contributed by atoms with E-state index < -0.39 is 11.4 Å². The zero-order valence-corrected chi connectivity index (χ0v) is 12.8. The van der Waals surface area contributed by atoms with Crippen LogP contribution < -0.4 is 0 Å². The number of hydrogen-bond donors (Lipinski definition) is 1. The minimum absolute atomic E-state index is 0.0185. The summed E-state index contributed by atoms with van der Waals surface area (Å²) in [6.45, 7) is 8.69. The van der Waals surface area contributed by atoms with Crippen molar-refractivity contribution >= 4 is 12.0 Å². The fraction of sp³-hybridized carbons (Fsp3) is 0.867. The number of aliphatic carboxylic acids is 1. The molecule has 2 rings (SSSR count). The van der Waals surface area contributed by atoms with Gasteiger partial charge in [0, 0.05) is 26.2 Å². The Morgan fingerprint density at radius 2 is 1.50 bits per heavy atom. The Kier molecular flexibility index (Phi) is 3.98. The SMILES string of the molecule is CC1(C)CCCN(C(=O)N2CCCC(C)(C(=O)O)C2)C1. The van der Waals surface area contributed by atoms with Crippen LogP contribution in [0.4, 0.5) is 4.79 Å². The second-order valence-electron chi connectivity index (χ2n) is 7.36. The van der Waals surface area contributed by atoms with Crippen LogP contribution in [-0.4, -0.2) is 53.1 Å². The van der Waals surface area contributed by atoms with Gasteiger partial charge >= 0.3 is 12.0 Å². The van der Waals surface area contributed by atoms with Crippen molar-refractivity contribution in [1.82, 2.24) is 9.80 Å². The molecule has 0 aliphatic carbocycles. The van der Waals surface area contributed by atoms with Crippen LogP contribution in [0.1, 0.15) is 46.5 Å². The molecule has 5 heteroatoms. The lowest BCUT2D eigenvalue weighted by Crippen LogP contribution is -2.55. The van der Waals surface area contributed by atoms with E-state index in [1.165, 1.54) is 0 Å². The first-order valence-electron chi connectivity index (χ1n) is 7.51. The van der Waals surface area contributed by atoms with E-state index in [1.54, 1.807) is 11.8 Å². The first-order valence-corrected chi connectivity index (χ1v) is 7.51. The Bertz CT molecular complexity index is 408. The summed E-state index contributed by atoms with van der Waals surface area (Å²) in [5, 5.41) is 9.34. The van der Waals surface area contributed by atoms with Crippen LogP contribution in [0.2, 0.25) is 0 Å². The molecule has 0 radical (unpaired) electrons. The normalized spacial score (nSPS) is 30.1. The van der Waals surface area contributed by atoms with E-state index in [0.29, 0.717) is 19.5 Å². The second-order valence-corrected chi connectivity index (χ2v) is 7.36. The molecular formula is C15H26N2O3. The third-order valence-corrected chi connectivity index (χ3v) is 4.65. The monoisotopic (exact) mass is 282 g/mol. The number of carbonyl (C=O) groups excluding carboxylic acids is 1. The molecule has 2 saturated heterocycles. The highest BCUT2D eigenvalue weighted by Gasteiger charge is 2.41. The molecule has 5 nitrogen and oxygen atoms in total. The smallest absolute Gasteiger partial charge is 0.320 e. The largest absolute Gasteiger partial charge is 0.481 e. The quantitative estimate of drug-likeness (QED) is 0.803. The molecule has 1 unspecified atom stereocenters. The van der Waals surface area contributed by atoms with Crippen molar-refractivity contribution < 1.29 is 14.7 Å². The van der Waals surface area contributed by atoms with Gasteiger partial charge in [0.05, 0.1) is 5.41 Å². The molecule has 114 valence electrons. The van der Waals surface area contributed by atoms with E-state index in [4.69, 9.17) is 0 Å². The Morgan fingerprint density at radius 3 is 2.05 bits per heavy atom. The van der Waals surface area contributed by atoms with E-state index in [2.05, 4.69) is 13.8 Å². The minimum Gasteiger partial charge on any atom is -0.481 e. The second kappa shape index (κ2) is 5.26. The van der Waals surface area contributed by atoms with Crippen LogP contribution in [0.15, 0.2) is 0 Å². The van der Waals surface area contributed by atoms with Gasteiger partial charge in [0.2, 0.25) is 0 Å². The van der Waals surface area contributed by atoms with Gasteiger partial charge in [-0.05, 0) is 38.0 Å². The minimum atomic E-state index is -0.797. The zero-order chi connectivity index (χ0) is 15.0. The maximum Gasteiger partial charge on any atom is 0.320 e. The molecule has 1 N–H and O–H groups in total. The van der Waals surface area contributed by atoms with E-state index >= 15 is 0 Å². The molecule has 2 fully saturated rings. The van der Waals surface area contributed by atoms with E-state index in [9.17, 15) is 14.7 Å². The van der Waals surface area contributed by atoms with Gasteiger partial charge in [-0.2, -0.15) is 0 Å². The molecule has 0 aromatic heterocycles. The predicted octanol–water partition coefficient (Wildman–Crippen LogP) is 2.42. The third-order valence-electron chi connectivity index (χ3n) is 4.65. The van der Waals surface area contributed by atoms with Crippen molar-refractivity contribution in [3.8, 4) is 0 Å². The molecule has 0 saturated carbocycles. The number of piperidine rings is 2. The van der Waals surface area contributed by atoms with Gasteiger partial charge in [0.25, 0.3) is 0 Å². The van der Waals surface area contributed by atoms with Crippen LogP contribution in [0.3, 0.4) is 0 Å². The van der Waals surface area contributed by atoms with Crippen molar-refractivity contribution in [2.24, 2.45) is 10.8 Å². The van der Waals surface area contributed by atoms with Gasteiger partial charge in [-0.1, -0.05) is 13.8 Å². The Hall–Kier alpha value is -1.26. The molecule has 1 atom stereocenters. The summed E-state index contributed by atoms with van der Waals surface area (Å²) in [6, 6.07) is 0.0185. The number of carboxylic acid groups (broad SMARTS) is 1. The molecule has 20 heavy (non-hydrogen) atoms. The summed E-state index contributed by atoms with van der Waals surface area (Å²) in [5.74, 6) is -0.797. The molecule has 2 aliphatic heterocycles. The average Bonchev–Trinajstić information content (AvgIpc) is 2.36. The van der Waals surface area contributed by atoms with Crippen LogP contribution in [0, 0.1) is 10.8 Å². The summed E-state index contributed by atoms with van der Waals surface area (Å²) >= 11 is 0. The van der Waals surface area contributed by atoms with Crippen LogP contribution >= 0.6 is 0 Å². The van der Waals surface area contributed by atoms with Crippen molar-refractivity contribution in [2.45, 2.75) is 46.5 Å². The number of hydrogen-bond acceptors (Lipinski definition) is 2. The summed E-state index contributed by atoms with van der Waals surface area (Å²) < 4.78 is 0. The lowest BCUT2D eigenvalue weighted by Gasteiger charge is -2.43. The molecule has 2 aliphatic rings. The highest BCUT2D eigenvalue weighted by atomic mass is 16.4. The summed E-state index contributed by atoms with van der Waals surface area (Å²) in [4.78, 5) is 27.6. The number of carbonyl (C=O) groups is 2. The topological polar surface area (TPSA) is 60.9 Å². The maximum atomic E-state index is 12.6. The van der Waals surface area contributed by atoms with Gasteiger partial charge in [-0.15, -0.1) is 0 Å². The number of rotatable bonds is 1. The maximum absolute atomic E-state index is 12.6. The number of amides is 2. The number of likely N-dealkylation sites (tertiary alicyclic amines) is 2. The summed E-state index contributed by atoms with van der Waals surface area (Å²) in [7, 11) is 0. The fourth-order valence-electron chi connectivity index (χ4n) is 3.36. The van der Waals surface area contributed by atoms with Gasteiger partial charge in [0.1, 0.15) is 0 Å². The number of urea groups is 1. The Labute approximate surface area is 120 Å². The van der Waals surface area contributed by atoms with E-state index in [1.807, 2.05) is 4.90 Å². The number of nitrogens with zero attached hydrogens (tertiary/aromatic N) is 2. The van der Waals surface area contributed by atoms with Crippen LogP contribution in [0.5, 0.6) is 0 Å². The molecule has 0 aromatic carbocycles. The van der Waals surface area contributed by atoms with Crippen molar-refractivity contribution in [3.05, 3.63) is 0 Å². The lowest BCUT2D eigenvalue weighted by molar-refractivity contribution is -0.150. The van der Waals surface area contributed by atoms with Gasteiger partial charge in [0.15, 0.2) is 0 Å². The first-order chi connectivity index (χ1) is 9.23. The molecular weight excluding hydrogens is 256 g/mol. The highest BCUT2D eigenvalue weighted by molar-refractivity contribution is 5.78. The molecule has 2 heterocycles. The van der Waals surface area contributed by atoms with Gasteiger partial charge in [-0.3, -0.25) is 4.79 Å². The van der Waals surface area contributed by atoms with E-state index in [0.717, 1.165) is 32.4 Å². The van der Waals surface area contributed by atoms with Crippen molar-refractivity contribution in [3.63, 3.8) is 0 Å². The summed E-state index contributed by atoms with van der Waals surface area (Å²) in [5.41, 5.74) is -0.626. The molecule has 0 aromatic rings. The molecule has 2 amide bonds. The van der Waals surface area contributed by atoms with Gasteiger partial charge in [-0.25, -0.2) is 4.79 Å². The molecule has 0 bridgehead atoms. The standard InChI is InChI=1S/C15H26N2O3/c1-14(2)6-4-8-16(10-14)13(20)17-9-5-7-15(3,11-17)12(18)19/h4-11H2,1-3H3,(H,18,19). The third kappa shape index (κ3) is 3.07. The fourth-order valence-corrected chi connectivity index (χ4v) is 3.36. The Morgan fingerprint density at radius 1 is 0.950 bits per heavy atom. The van der Waals surface area contributed by atoms with Crippen LogP contribution in [0.25, 0.3) is 0 Å². The van der Waals surface area contributed by atoms with E-state index in [-0.39, 0.29) is 11.4 Å². The van der Waals surface area contributed by atoms with Gasteiger partial charge < -0.3 is 14.9 Å². The summed E-state index contributed by atoms with van der Waals surface area (Å²) in [6.07, 6.45) is 3.59. The predicted molar refractivity (Wildman–Crippen MR) is 76.5 cm³/mol.